The molecule has 34 heavy (non-hydrogen) atoms. The molecule has 0 aliphatic heterocycles. The van der Waals surface area contributed by atoms with E-state index < -0.39 is 66.8 Å². The number of amides is 4. The van der Waals surface area contributed by atoms with Crippen LogP contribution >= 0.6 is 11.8 Å². The molecule has 4 amide bonds. The third-order valence-corrected chi connectivity index (χ3v) is 5.36. The predicted octanol–water partition coefficient (Wildman–Crippen LogP) is -2.28. The van der Waals surface area contributed by atoms with Gasteiger partial charge in [-0.1, -0.05) is 30.3 Å². The molecule has 1 rings (SSSR count). The molecule has 0 aliphatic carbocycles. The number of carboxylic acid groups (broad SMARTS) is 1. The van der Waals surface area contributed by atoms with Gasteiger partial charge in [0.1, 0.15) is 18.1 Å². The SMILES string of the molecule is CSCCC(NC(=O)C(CC(N)=O)NC(=O)C(CO)NC(=O)C(N)Cc1ccccc1)C(=O)O. The summed E-state index contributed by atoms with van der Waals surface area (Å²) in [6, 6.07) is 3.70. The van der Waals surface area contributed by atoms with Gasteiger partial charge in [-0.15, -0.1) is 0 Å². The van der Waals surface area contributed by atoms with E-state index in [4.69, 9.17) is 11.5 Å². The van der Waals surface area contributed by atoms with Crippen LogP contribution in [0.3, 0.4) is 0 Å². The van der Waals surface area contributed by atoms with Crippen molar-refractivity contribution in [3.63, 3.8) is 0 Å². The number of hydrogen-bond acceptors (Lipinski definition) is 8. The van der Waals surface area contributed by atoms with Crippen LogP contribution in [0.4, 0.5) is 0 Å². The molecule has 4 unspecified atom stereocenters. The van der Waals surface area contributed by atoms with Crippen molar-refractivity contribution in [1.82, 2.24) is 16.0 Å². The Bertz CT molecular complexity index is 855. The molecule has 1 aromatic rings. The Morgan fingerprint density at radius 3 is 2.03 bits per heavy atom. The molecule has 188 valence electrons. The van der Waals surface area contributed by atoms with Gasteiger partial charge in [-0.3, -0.25) is 19.2 Å². The quantitative estimate of drug-likeness (QED) is 0.139. The second-order valence-corrected chi connectivity index (χ2v) is 8.44. The number of nitrogens with one attached hydrogen (secondary N) is 3. The summed E-state index contributed by atoms with van der Waals surface area (Å²) in [6.45, 7) is -0.813. The highest BCUT2D eigenvalue weighted by atomic mass is 32.2. The Kier molecular flexibility index (Phi) is 12.6. The molecule has 0 radical (unpaired) electrons. The largest absolute Gasteiger partial charge is 0.480 e. The van der Waals surface area contributed by atoms with Crippen LogP contribution in [-0.2, 0) is 30.4 Å². The van der Waals surface area contributed by atoms with Gasteiger partial charge < -0.3 is 37.6 Å². The number of carbonyl (C=O) groups is 5. The molecular formula is C21H31N5O7S. The number of benzene rings is 1. The van der Waals surface area contributed by atoms with Gasteiger partial charge in [0, 0.05) is 0 Å². The molecule has 0 fully saturated rings. The fraction of sp³-hybridized carbons (Fsp3) is 0.476. The fourth-order valence-corrected chi connectivity index (χ4v) is 3.35. The third kappa shape index (κ3) is 10.2. The van der Waals surface area contributed by atoms with Crippen molar-refractivity contribution < 1.29 is 34.2 Å². The van der Waals surface area contributed by atoms with E-state index >= 15 is 0 Å². The highest BCUT2D eigenvalue weighted by Crippen LogP contribution is 2.04. The molecule has 0 aromatic heterocycles. The van der Waals surface area contributed by atoms with E-state index in [2.05, 4.69) is 16.0 Å². The summed E-state index contributed by atoms with van der Waals surface area (Å²) in [5.74, 6) is -4.38. The van der Waals surface area contributed by atoms with Gasteiger partial charge in [0.2, 0.25) is 23.6 Å². The van der Waals surface area contributed by atoms with Crippen molar-refractivity contribution in [3.05, 3.63) is 35.9 Å². The fourth-order valence-electron chi connectivity index (χ4n) is 2.88. The Morgan fingerprint density at radius 1 is 0.941 bits per heavy atom. The zero-order chi connectivity index (χ0) is 25.7. The lowest BCUT2D eigenvalue weighted by atomic mass is 10.1. The van der Waals surface area contributed by atoms with Crippen molar-refractivity contribution >= 4 is 41.4 Å². The highest BCUT2D eigenvalue weighted by Gasteiger charge is 2.31. The molecule has 1 aromatic carbocycles. The van der Waals surface area contributed by atoms with Gasteiger partial charge in [0.15, 0.2) is 0 Å². The number of thioether (sulfide) groups is 1. The summed E-state index contributed by atoms with van der Waals surface area (Å²) < 4.78 is 0. The molecule has 4 atom stereocenters. The van der Waals surface area contributed by atoms with Crippen LogP contribution in [0, 0.1) is 0 Å². The Hall–Kier alpha value is -3.16. The maximum atomic E-state index is 12.6. The number of primary amides is 1. The molecule has 0 aliphatic rings. The molecule has 0 bridgehead atoms. The first-order valence-electron chi connectivity index (χ1n) is 10.4. The molecule has 0 saturated carbocycles. The number of aliphatic carboxylic acids is 1. The van der Waals surface area contributed by atoms with Gasteiger partial charge in [0.05, 0.1) is 19.1 Å². The minimum Gasteiger partial charge on any atom is -0.480 e. The monoisotopic (exact) mass is 497 g/mol. The predicted molar refractivity (Wildman–Crippen MR) is 125 cm³/mol. The van der Waals surface area contributed by atoms with E-state index in [0.29, 0.717) is 5.75 Å². The third-order valence-electron chi connectivity index (χ3n) is 4.71. The summed E-state index contributed by atoms with van der Waals surface area (Å²) in [5, 5.41) is 25.6. The number of aliphatic hydroxyl groups is 1. The number of rotatable bonds is 15. The summed E-state index contributed by atoms with van der Waals surface area (Å²) in [6.07, 6.45) is 1.46. The smallest absolute Gasteiger partial charge is 0.326 e. The summed E-state index contributed by atoms with van der Waals surface area (Å²) >= 11 is 1.38. The Morgan fingerprint density at radius 2 is 1.50 bits per heavy atom. The van der Waals surface area contributed by atoms with E-state index in [1.807, 2.05) is 0 Å². The van der Waals surface area contributed by atoms with Crippen molar-refractivity contribution in [2.45, 2.75) is 43.4 Å². The molecule has 0 saturated heterocycles. The van der Waals surface area contributed by atoms with Crippen molar-refractivity contribution in [2.24, 2.45) is 11.5 Å². The lowest BCUT2D eigenvalue weighted by molar-refractivity contribution is -0.142. The van der Waals surface area contributed by atoms with Crippen LogP contribution < -0.4 is 27.4 Å². The minimum atomic E-state index is -1.51. The first-order chi connectivity index (χ1) is 16.1. The molecule has 12 nitrogen and oxygen atoms in total. The van der Waals surface area contributed by atoms with Crippen LogP contribution in [0.15, 0.2) is 30.3 Å². The van der Waals surface area contributed by atoms with Crippen LogP contribution in [0.2, 0.25) is 0 Å². The molecular weight excluding hydrogens is 466 g/mol. The van der Waals surface area contributed by atoms with Crippen molar-refractivity contribution in [1.29, 1.82) is 0 Å². The zero-order valence-electron chi connectivity index (χ0n) is 18.7. The van der Waals surface area contributed by atoms with E-state index in [1.54, 1.807) is 36.6 Å². The normalized spacial score (nSPS) is 14.2. The lowest BCUT2D eigenvalue weighted by Crippen LogP contribution is -2.58. The number of carboxylic acids is 1. The maximum absolute atomic E-state index is 12.6. The topological polar surface area (TPSA) is 214 Å². The second kappa shape index (κ2) is 14.9. The average molecular weight is 498 g/mol. The Balaban J connectivity index is 2.82. The van der Waals surface area contributed by atoms with Crippen molar-refractivity contribution in [3.8, 4) is 0 Å². The highest BCUT2D eigenvalue weighted by molar-refractivity contribution is 7.98. The van der Waals surface area contributed by atoms with E-state index in [0.717, 1.165) is 5.56 Å². The number of nitrogens with two attached hydrogens (primary N) is 2. The van der Waals surface area contributed by atoms with E-state index in [-0.39, 0.29) is 12.8 Å². The molecule has 13 heteroatoms. The van der Waals surface area contributed by atoms with Crippen LogP contribution in [-0.4, -0.2) is 82.6 Å². The van der Waals surface area contributed by atoms with E-state index in [9.17, 15) is 34.2 Å². The average Bonchev–Trinajstić information content (AvgIpc) is 2.79. The van der Waals surface area contributed by atoms with Crippen LogP contribution in [0.1, 0.15) is 18.4 Å². The molecule has 0 heterocycles. The van der Waals surface area contributed by atoms with Crippen LogP contribution in [0.25, 0.3) is 0 Å². The van der Waals surface area contributed by atoms with Gasteiger partial charge in [-0.25, -0.2) is 4.79 Å². The number of carbonyl (C=O) groups excluding carboxylic acids is 4. The van der Waals surface area contributed by atoms with Gasteiger partial charge in [0.25, 0.3) is 0 Å². The minimum absolute atomic E-state index is 0.119. The van der Waals surface area contributed by atoms with Gasteiger partial charge in [-0.05, 0) is 30.4 Å². The Labute approximate surface area is 201 Å². The number of hydrogen-bond donors (Lipinski definition) is 7. The summed E-state index contributed by atoms with van der Waals surface area (Å²) in [5.41, 5.74) is 11.8. The van der Waals surface area contributed by atoms with E-state index in [1.165, 1.54) is 11.8 Å². The first-order valence-corrected chi connectivity index (χ1v) is 11.8. The second-order valence-electron chi connectivity index (χ2n) is 7.45. The summed E-state index contributed by atoms with van der Waals surface area (Å²) in [7, 11) is 0. The van der Waals surface area contributed by atoms with Crippen molar-refractivity contribution in [2.75, 3.05) is 18.6 Å². The molecule has 0 spiro atoms. The van der Waals surface area contributed by atoms with Gasteiger partial charge >= 0.3 is 5.97 Å². The van der Waals surface area contributed by atoms with Gasteiger partial charge in [-0.2, -0.15) is 11.8 Å². The zero-order valence-corrected chi connectivity index (χ0v) is 19.5. The first kappa shape index (κ1) is 28.9. The number of aliphatic hydroxyl groups excluding tert-OH is 1. The van der Waals surface area contributed by atoms with Crippen LogP contribution in [0.5, 0.6) is 0 Å². The standard InChI is InChI=1S/C21H31N5O7S/c1-34-8-7-14(21(32)33)24-19(30)15(10-17(23)28)25-20(31)16(11-27)26-18(29)13(22)9-12-5-3-2-4-6-12/h2-6,13-16,27H,7-11,22H2,1H3,(H2,23,28)(H,24,30)(H,25,31)(H,26,29)(H,32,33). The maximum Gasteiger partial charge on any atom is 0.326 e. The molecule has 9 N–H and O–H groups in total. The summed E-state index contributed by atoms with van der Waals surface area (Å²) in [4.78, 5) is 60.3. The lowest BCUT2D eigenvalue weighted by Gasteiger charge is -2.24.